The number of anilines is 1. The van der Waals surface area contributed by atoms with Gasteiger partial charge in [-0.1, -0.05) is 11.6 Å². The number of hydrogen-bond donors (Lipinski definition) is 2. The molecule has 6 nitrogen and oxygen atoms in total. The fraction of sp³-hybridized carbons (Fsp3) is 0.263. The third kappa shape index (κ3) is 4.87. The number of carbonyl (C=O) groups excluding carboxylic acids is 2. The Morgan fingerprint density at radius 1 is 1.19 bits per heavy atom. The van der Waals surface area contributed by atoms with E-state index >= 15 is 0 Å². The molecule has 0 saturated heterocycles. The second-order valence-electron chi connectivity index (χ2n) is 5.94. The van der Waals surface area contributed by atoms with Crippen LogP contribution in [0.4, 0.5) is 5.69 Å². The molecular weight excluding hydrogens is 388 g/mol. The highest BCUT2D eigenvalue weighted by Crippen LogP contribution is 2.38. The van der Waals surface area contributed by atoms with Gasteiger partial charge >= 0.3 is 0 Å². The Kier molecular flexibility index (Phi) is 6.13. The van der Waals surface area contributed by atoms with E-state index in [1.54, 1.807) is 32.4 Å². The summed E-state index contributed by atoms with van der Waals surface area (Å²) in [5, 5.41) is 5.71. The van der Waals surface area contributed by atoms with Crippen molar-refractivity contribution >= 4 is 40.9 Å². The summed E-state index contributed by atoms with van der Waals surface area (Å²) in [6, 6.07) is 10.7. The molecule has 142 valence electrons. The normalized spacial score (nSPS) is 15.5. The largest absolute Gasteiger partial charge is 0.497 e. The lowest BCUT2D eigenvalue weighted by molar-refractivity contribution is -0.124. The minimum atomic E-state index is -0.487. The molecule has 0 aromatic heterocycles. The summed E-state index contributed by atoms with van der Waals surface area (Å²) < 4.78 is 10.4. The van der Waals surface area contributed by atoms with Crippen LogP contribution in [0, 0.1) is 0 Å². The SMILES string of the molecule is COc1cc(CNC(=O)CC2Sc3ccc(Cl)cc3NC2=O)cc(OC)c1. The van der Waals surface area contributed by atoms with Crippen LogP contribution in [0.2, 0.25) is 5.02 Å². The molecule has 0 fully saturated rings. The van der Waals surface area contributed by atoms with Crippen LogP contribution in [-0.4, -0.2) is 31.3 Å². The highest BCUT2D eigenvalue weighted by Gasteiger charge is 2.29. The molecule has 1 aliphatic heterocycles. The van der Waals surface area contributed by atoms with Gasteiger partial charge in [0.25, 0.3) is 0 Å². The first-order valence-electron chi connectivity index (χ1n) is 8.24. The highest BCUT2D eigenvalue weighted by atomic mass is 35.5. The lowest BCUT2D eigenvalue weighted by Gasteiger charge is -2.23. The summed E-state index contributed by atoms with van der Waals surface area (Å²) in [7, 11) is 3.14. The molecule has 8 heteroatoms. The number of fused-ring (bicyclic) bond motifs is 1. The van der Waals surface area contributed by atoms with E-state index in [0.29, 0.717) is 28.8 Å². The summed E-state index contributed by atoms with van der Waals surface area (Å²) in [4.78, 5) is 25.5. The van der Waals surface area contributed by atoms with E-state index in [4.69, 9.17) is 21.1 Å². The van der Waals surface area contributed by atoms with E-state index in [9.17, 15) is 9.59 Å². The second-order valence-corrected chi connectivity index (χ2v) is 7.62. The Balaban J connectivity index is 1.60. The quantitative estimate of drug-likeness (QED) is 0.768. The first-order chi connectivity index (χ1) is 13.0. The number of benzene rings is 2. The van der Waals surface area contributed by atoms with Crippen molar-refractivity contribution in [3.8, 4) is 11.5 Å². The van der Waals surface area contributed by atoms with Gasteiger partial charge < -0.3 is 20.1 Å². The van der Waals surface area contributed by atoms with Crippen LogP contribution in [0.3, 0.4) is 0 Å². The third-order valence-corrected chi connectivity index (χ3v) is 5.54. The topological polar surface area (TPSA) is 76.7 Å². The molecule has 0 aliphatic carbocycles. The second kappa shape index (κ2) is 8.54. The van der Waals surface area contributed by atoms with Crippen molar-refractivity contribution in [2.24, 2.45) is 0 Å². The zero-order chi connectivity index (χ0) is 19.4. The van der Waals surface area contributed by atoms with Crippen molar-refractivity contribution in [3.05, 3.63) is 47.0 Å². The van der Waals surface area contributed by atoms with Crippen LogP contribution in [0.5, 0.6) is 11.5 Å². The van der Waals surface area contributed by atoms with Crippen molar-refractivity contribution in [1.82, 2.24) is 5.32 Å². The van der Waals surface area contributed by atoms with E-state index in [0.717, 1.165) is 10.5 Å². The standard InChI is InChI=1S/C19H19ClN2O4S/c1-25-13-5-11(6-14(8-13)26-2)10-21-18(23)9-17-19(24)22-15-7-12(20)3-4-16(15)27-17/h3-8,17H,9-10H2,1-2H3,(H,21,23)(H,22,24). The average Bonchev–Trinajstić information content (AvgIpc) is 2.66. The van der Waals surface area contributed by atoms with Gasteiger partial charge in [-0.3, -0.25) is 9.59 Å². The van der Waals surface area contributed by atoms with Crippen LogP contribution in [0.1, 0.15) is 12.0 Å². The first kappa shape index (κ1) is 19.4. The predicted molar refractivity (Wildman–Crippen MR) is 106 cm³/mol. The van der Waals surface area contributed by atoms with Crippen molar-refractivity contribution < 1.29 is 19.1 Å². The first-order valence-corrected chi connectivity index (χ1v) is 9.50. The summed E-state index contributed by atoms with van der Waals surface area (Å²) in [6.07, 6.45) is 0.0830. The van der Waals surface area contributed by atoms with Gasteiger partial charge in [-0.25, -0.2) is 0 Å². The number of carbonyl (C=O) groups is 2. The molecular formula is C19H19ClN2O4S. The van der Waals surface area contributed by atoms with Gasteiger partial charge in [0.15, 0.2) is 0 Å². The van der Waals surface area contributed by atoms with Crippen molar-refractivity contribution in [1.29, 1.82) is 0 Å². The number of nitrogens with one attached hydrogen (secondary N) is 2. The minimum Gasteiger partial charge on any atom is -0.497 e. The molecule has 3 rings (SSSR count). The minimum absolute atomic E-state index is 0.0830. The zero-order valence-electron chi connectivity index (χ0n) is 14.9. The van der Waals surface area contributed by atoms with Crippen molar-refractivity contribution in [3.63, 3.8) is 0 Å². The number of hydrogen-bond acceptors (Lipinski definition) is 5. The molecule has 1 unspecified atom stereocenters. The van der Waals surface area contributed by atoms with Crippen molar-refractivity contribution in [2.75, 3.05) is 19.5 Å². The van der Waals surface area contributed by atoms with E-state index in [2.05, 4.69) is 10.6 Å². The van der Waals surface area contributed by atoms with Crippen LogP contribution in [-0.2, 0) is 16.1 Å². The summed E-state index contributed by atoms with van der Waals surface area (Å²) >= 11 is 7.31. The summed E-state index contributed by atoms with van der Waals surface area (Å²) in [6.45, 7) is 0.317. The van der Waals surface area contributed by atoms with Gasteiger partial charge in [0.05, 0.1) is 25.2 Å². The molecule has 27 heavy (non-hydrogen) atoms. The molecule has 0 spiro atoms. The Labute approximate surface area is 166 Å². The van der Waals surface area contributed by atoms with Gasteiger partial charge in [0, 0.05) is 29.0 Å². The summed E-state index contributed by atoms with van der Waals surface area (Å²) in [5.74, 6) is 0.891. The number of amides is 2. The Bertz CT molecular complexity index is 853. The monoisotopic (exact) mass is 406 g/mol. The molecule has 0 radical (unpaired) electrons. The average molecular weight is 407 g/mol. The molecule has 1 atom stereocenters. The van der Waals surface area contributed by atoms with Crippen molar-refractivity contribution in [2.45, 2.75) is 23.1 Å². The number of rotatable bonds is 6. The van der Waals surface area contributed by atoms with Crippen LogP contribution >= 0.6 is 23.4 Å². The van der Waals surface area contributed by atoms with Gasteiger partial charge in [0.1, 0.15) is 11.5 Å². The van der Waals surface area contributed by atoms with Gasteiger partial charge in [-0.15, -0.1) is 11.8 Å². The van der Waals surface area contributed by atoms with Crippen LogP contribution in [0.15, 0.2) is 41.3 Å². The fourth-order valence-electron chi connectivity index (χ4n) is 2.67. The third-order valence-electron chi connectivity index (χ3n) is 4.03. The molecule has 2 aromatic rings. The summed E-state index contributed by atoms with van der Waals surface area (Å²) in [5.41, 5.74) is 1.53. The molecule has 0 bridgehead atoms. The predicted octanol–water partition coefficient (Wildman–Crippen LogP) is 3.48. The smallest absolute Gasteiger partial charge is 0.238 e. The van der Waals surface area contributed by atoms with Crippen LogP contribution < -0.4 is 20.1 Å². The number of halogens is 1. The van der Waals surface area contributed by atoms with Gasteiger partial charge in [0.2, 0.25) is 11.8 Å². The van der Waals surface area contributed by atoms with E-state index in [1.165, 1.54) is 11.8 Å². The molecule has 1 aliphatic rings. The van der Waals surface area contributed by atoms with Gasteiger partial charge in [-0.2, -0.15) is 0 Å². The fourth-order valence-corrected chi connectivity index (χ4v) is 3.93. The zero-order valence-corrected chi connectivity index (χ0v) is 16.4. The highest BCUT2D eigenvalue weighted by molar-refractivity contribution is 8.01. The molecule has 0 saturated carbocycles. The van der Waals surface area contributed by atoms with Gasteiger partial charge in [-0.05, 0) is 35.9 Å². The maximum absolute atomic E-state index is 12.3. The molecule has 2 amide bonds. The molecule has 1 heterocycles. The van der Waals surface area contributed by atoms with E-state index in [1.807, 2.05) is 18.2 Å². The number of thioether (sulfide) groups is 1. The lowest BCUT2D eigenvalue weighted by atomic mass is 10.2. The maximum atomic E-state index is 12.3. The lowest BCUT2D eigenvalue weighted by Crippen LogP contribution is -2.34. The Morgan fingerprint density at radius 2 is 1.89 bits per heavy atom. The van der Waals surface area contributed by atoms with E-state index < -0.39 is 5.25 Å². The molecule has 2 aromatic carbocycles. The Morgan fingerprint density at radius 3 is 2.56 bits per heavy atom. The van der Waals surface area contributed by atoms with Crippen LogP contribution in [0.25, 0.3) is 0 Å². The number of methoxy groups -OCH3 is 2. The van der Waals surface area contributed by atoms with E-state index in [-0.39, 0.29) is 18.2 Å². The maximum Gasteiger partial charge on any atom is 0.238 e. The Hall–Kier alpha value is -2.38. The number of ether oxygens (including phenoxy) is 2. The molecule has 2 N–H and O–H groups in total.